The Morgan fingerprint density at radius 1 is 1.43 bits per heavy atom. The second-order valence-corrected chi connectivity index (χ2v) is 5.49. The molecule has 0 radical (unpaired) electrons. The molecule has 1 aliphatic heterocycles. The van der Waals surface area contributed by atoms with Crippen LogP contribution in [0.25, 0.3) is 0 Å². The lowest BCUT2D eigenvalue weighted by Crippen LogP contribution is -2.46. The van der Waals surface area contributed by atoms with Crippen LogP contribution in [0.5, 0.6) is 0 Å². The summed E-state index contributed by atoms with van der Waals surface area (Å²) in [6.07, 6.45) is -1.87. The Balaban J connectivity index is 2.27. The van der Waals surface area contributed by atoms with Crippen LogP contribution in [-0.4, -0.2) is 41.6 Å². The fraction of sp³-hybridized carbons (Fsp3) is 0.562. The van der Waals surface area contributed by atoms with Gasteiger partial charge in [-0.3, -0.25) is 4.90 Å². The average molecular weight is 293 g/mol. The van der Waals surface area contributed by atoms with Gasteiger partial charge in [-0.25, -0.2) is 4.79 Å². The highest BCUT2D eigenvalue weighted by Crippen LogP contribution is 2.33. The Morgan fingerprint density at radius 3 is 2.67 bits per heavy atom. The first kappa shape index (κ1) is 15.8. The normalized spacial score (nSPS) is 23.4. The molecular weight excluding hydrogens is 270 g/mol. The van der Waals surface area contributed by atoms with Gasteiger partial charge in [0.2, 0.25) is 0 Å². The monoisotopic (exact) mass is 293 g/mol. The van der Waals surface area contributed by atoms with Gasteiger partial charge in [0, 0.05) is 0 Å². The third kappa shape index (κ3) is 3.36. The van der Waals surface area contributed by atoms with E-state index in [1.54, 1.807) is 6.92 Å². The van der Waals surface area contributed by atoms with Gasteiger partial charge in [0.25, 0.3) is 0 Å². The topological polar surface area (TPSA) is 59.0 Å². The maximum Gasteiger partial charge on any atom is 0.412 e. The number of rotatable bonds is 4. The van der Waals surface area contributed by atoms with Crippen molar-refractivity contribution in [2.75, 3.05) is 13.2 Å². The minimum atomic E-state index is -0.747. The lowest BCUT2D eigenvalue weighted by molar-refractivity contribution is -0.0771. The lowest BCUT2D eigenvalue weighted by atomic mass is 10.0. The molecule has 0 aliphatic carbocycles. The van der Waals surface area contributed by atoms with Crippen LogP contribution in [0.2, 0.25) is 0 Å². The van der Waals surface area contributed by atoms with Crippen molar-refractivity contribution in [1.29, 1.82) is 0 Å². The van der Waals surface area contributed by atoms with Crippen molar-refractivity contribution in [2.45, 2.75) is 39.1 Å². The van der Waals surface area contributed by atoms with Gasteiger partial charge in [0.05, 0.1) is 19.3 Å². The van der Waals surface area contributed by atoms with Crippen molar-refractivity contribution in [3.05, 3.63) is 35.9 Å². The summed E-state index contributed by atoms with van der Waals surface area (Å²) in [4.78, 5) is 13.8. The fourth-order valence-corrected chi connectivity index (χ4v) is 2.48. The molecule has 0 spiro atoms. The first-order valence-corrected chi connectivity index (χ1v) is 7.36. The van der Waals surface area contributed by atoms with E-state index < -0.39 is 18.4 Å². The van der Waals surface area contributed by atoms with Crippen molar-refractivity contribution < 1.29 is 19.4 Å². The highest BCUT2D eigenvalue weighted by Gasteiger charge is 2.44. The van der Waals surface area contributed by atoms with Crippen molar-refractivity contribution in [3.8, 4) is 0 Å². The van der Waals surface area contributed by atoms with Crippen LogP contribution in [0.3, 0.4) is 0 Å². The summed E-state index contributed by atoms with van der Waals surface area (Å²) in [5, 5.41) is 10.3. The van der Waals surface area contributed by atoms with Gasteiger partial charge in [-0.15, -0.1) is 0 Å². The summed E-state index contributed by atoms with van der Waals surface area (Å²) < 4.78 is 10.8. The molecule has 2 rings (SSSR count). The van der Waals surface area contributed by atoms with E-state index >= 15 is 0 Å². The minimum Gasteiger partial charge on any atom is -0.450 e. The molecule has 1 aromatic carbocycles. The molecule has 5 heteroatoms. The Kier molecular flexibility index (Phi) is 5.20. The predicted octanol–water partition coefficient (Wildman–Crippen LogP) is 2.56. The van der Waals surface area contributed by atoms with Crippen LogP contribution < -0.4 is 0 Å². The van der Waals surface area contributed by atoms with Gasteiger partial charge >= 0.3 is 6.09 Å². The van der Waals surface area contributed by atoms with Crippen molar-refractivity contribution >= 4 is 6.09 Å². The molecule has 0 saturated carbocycles. The quantitative estimate of drug-likeness (QED) is 0.927. The molecule has 1 amide bonds. The zero-order chi connectivity index (χ0) is 15.4. The van der Waals surface area contributed by atoms with E-state index in [0.717, 1.165) is 5.56 Å². The molecule has 1 aromatic rings. The van der Waals surface area contributed by atoms with Crippen molar-refractivity contribution in [3.63, 3.8) is 0 Å². The molecule has 1 aliphatic rings. The summed E-state index contributed by atoms with van der Waals surface area (Å²) in [5.74, 6) is -0.0125. The number of hydrogen-bond acceptors (Lipinski definition) is 4. The predicted molar refractivity (Wildman–Crippen MR) is 78.6 cm³/mol. The smallest absolute Gasteiger partial charge is 0.412 e. The SMILES string of the molecule is CCOC(=O)N1[C@@H]([C@H](O)C(C)C)OC[C@H]1c1ccccc1. The molecule has 21 heavy (non-hydrogen) atoms. The molecule has 1 N–H and O–H groups in total. The fourth-order valence-electron chi connectivity index (χ4n) is 2.48. The van der Waals surface area contributed by atoms with Gasteiger partial charge in [-0.2, -0.15) is 0 Å². The zero-order valence-electron chi connectivity index (χ0n) is 12.7. The number of aliphatic hydroxyl groups excluding tert-OH is 1. The molecule has 3 atom stereocenters. The van der Waals surface area contributed by atoms with E-state index in [4.69, 9.17) is 9.47 Å². The van der Waals surface area contributed by atoms with E-state index in [-0.39, 0.29) is 12.0 Å². The molecular formula is C16H23NO4. The maximum atomic E-state index is 12.3. The molecule has 1 saturated heterocycles. The first-order chi connectivity index (χ1) is 10.1. The summed E-state index contributed by atoms with van der Waals surface area (Å²) >= 11 is 0. The van der Waals surface area contributed by atoms with E-state index in [1.165, 1.54) is 4.90 Å². The molecule has 116 valence electrons. The molecule has 5 nitrogen and oxygen atoms in total. The first-order valence-electron chi connectivity index (χ1n) is 7.36. The Morgan fingerprint density at radius 2 is 2.10 bits per heavy atom. The second-order valence-electron chi connectivity index (χ2n) is 5.49. The minimum absolute atomic E-state index is 0.0125. The highest BCUT2D eigenvalue weighted by atomic mass is 16.6. The van der Waals surface area contributed by atoms with E-state index in [2.05, 4.69) is 0 Å². The molecule has 0 unspecified atom stereocenters. The molecule has 1 heterocycles. The van der Waals surface area contributed by atoms with Crippen LogP contribution in [-0.2, 0) is 9.47 Å². The van der Waals surface area contributed by atoms with Crippen LogP contribution in [0.4, 0.5) is 4.79 Å². The second kappa shape index (κ2) is 6.91. The van der Waals surface area contributed by atoms with Gasteiger partial charge < -0.3 is 14.6 Å². The number of amides is 1. The number of aliphatic hydroxyl groups is 1. The molecule has 0 aromatic heterocycles. The number of carbonyl (C=O) groups excluding carboxylic acids is 1. The van der Waals surface area contributed by atoms with Gasteiger partial charge in [0.15, 0.2) is 6.23 Å². The number of nitrogens with zero attached hydrogens (tertiary/aromatic N) is 1. The average Bonchev–Trinajstić information content (AvgIpc) is 2.92. The third-order valence-electron chi connectivity index (χ3n) is 3.67. The lowest BCUT2D eigenvalue weighted by Gasteiger charge is -2.31. The van der Waals surface area contributed by atoms with E-state index in [1.807, 2.05) is 44.2 Å². The molecule has 0 bridgehead atoms. The number of ether oxygens (including phenoxy) is 2. The van der Waals surface area contributed by atoms with Crippen LogP contribution in [0.1, 0.15) is 32.4 Å². The number of benzene rings is 1. The Labute approximate surface area is 125 Å². The van der Waals surface area contributed by atoms with Crippen LogP contribution in [0, 0.1) is 5.92 Å². The molecule has 1 fully saturated rings. The standard InChI is InChI=1S/C16H23NO4/c1-4-20-16(19)17-13(12-8-6-5-7-9-12)10-21-15(17)14(18)11(2)3/h5-9,11,13-15,18H,4,10H2,1-3H3/t13-,14+,15+/m0/s1. The number of carbonyl (C=O) groups is 1. The van der Waals surface area contributed by atoms with Crippen molar-refractivity contribution in [2.24, 2.45) is 5.92 Å². The van der Waals surface area contributed by atoms with Gasteiger partial charge in [-0.1, -0.05) is 44.2 Å². The van der Waals surface area contributed by atoms with E-state index in [9.17, 15) is 9.90 Å². The summed E-state index contributed by atoms with van der Waals surface area (Å²) in [7, 11) is 0. The highest BCUT2D eigenvalue weighted by molar-refractivity contribution is 5.69. The van der Waals surface area contributed by atoms with Gasteiger partial charge in [0.1, 0.15) is 6.10 Å². The summed E-state index contributed by atoms with van der Waals surface area (Å²) in [6.45, 7) is 6.21. The third-order valence-corrected chi connectivity index (χ3v) is 3.67. The summed E-state index contributed by atoms with van der Waals surface area (Å²) in [6, 6.07) is 9.43. The van der Waals surface area contributed by atoms with Crippen LogP contribution in [0.15, 0.2) is 30.3 Å². The van der Waals surface area contributed by atoms with Crippen LogP contribution >= 0.6 is 0 Å². The van der Waals surface area contributed by atoms with Gasteiger partial charge in [-0.05, 0) is 18.4 Å². The van der Waals surface area contributed by atoms with E-state index in [0.29, 0.717) is 13.2 Å². The zero-order valence-corrected chi connectivity index (χ0v) is 12.7. The maximum absolute atomic E-state index is 12.3. The van der Waals surface area contributed by atoms with Crippen molar-refractivity contribution in [1.82, 2.24) is 4.90 Å². The Hall–Kier alpha value is -1.59. The largest absolute Gasteiger partial charge is 0.450 e. The Bertz CT molecular complexity index is 463. The number of hydrogen-bond donors (Lipinski definition) is 1. The summed E-state index contributed by atoms with van der Waals surface area (Å²) in [5.41, 5.74) is 0.976.